The zero-order chi connectivity index (χ0) is 19.4. The molecule has 2 aromatic carbocycles. The van der Waals surface area contributed by atoms with Gasteiger partial charge in [-0.3, -0.25) is 0 Å². The van der Waals surface area contributed by atoms with Crippen molar-refractivity contribution in [3.8, 4) is 28.4 Å². The molecule has 1 aliphatic rings. The molecule has 0 fully saturated rings. The van der Waals surface area contributed by atoms with E-state index in [1.165, 1.54) is 26.4 Å². The Morgan fingerprint density at radius 3 is 2.44 bits per heavy atom. The van der Waals surface area contributed by atoms with E-state index in [1.54, 1.807) is 24.3 Å². The maximum Gasteiger partial charge on any atom is 0.377 e. The molecule has 0 bridgehead atoms. The third kappa shape index (κ3) is 3.79. The molecule has 0 atom stereocenters. The molecule has 0 saturated heterocycles. The Bertz CT molecular complexity index is 916. The van der Waals surface area contributed by atoms with E-state index in [1.807, 2.05) is 0 Å². The molecule has 2 aromatic rings. The summed E-state index contributed by atoms with van der Waals surface area (Å²) in [4.78, 5) is 23.4. The summed E-state index contributed by atoms with van der Waals surface area (Å²) < 4.78 is 25.4. The third-order valence-electron chi connectivity index (χ3n) is 3.75. The maximum atomic E-state index is 11.7. The molecule has 8 heteroatoms. The lowest BCUT2D eigenvalue weighted by molar-refractivity contribution is -0.138. The first-order valence-electron chi connectivity index (χ1n) is 7.80. The van der Waals surface area contributed by atoms with Crippen molar-refractivity contribution >= 4 is 11.9 Å². The number of carboxylic acid groups (broad SMARTS) is 1. The molecule has 140 valence electrons. The van der Waals surface area contributed by atoms with E-state index in [0.29, 0.717) is 17.1 Å². The number of carbonyl (C=O) groups excluding carboxylic acids is 1. The van der Waals surface area contributed by atoms with Crippen LogP contribution in [0.2, 0.25) is 0 Å². The van der Waals surface area contributed by atoms with Crippen LogP contribution < -0.4 is 14.2 Å². The van der Waals surface area contributed by atoms with Gasteiger partial charge in [0.15, 0.2) is 11.5 Å². The Balaban J connectivity index is 1.97. The molecule has 0 spiro atoms. The van der Waals surface area contributed by atoms with Crippen LogP contribution >= 0.6 is 0 Å². The Labute approximate surface area is 154 Å². The Kier molecular flexibility index (Phi) is 5.16. The lowest BCUT2D eigenvalue weighted by Crippen LogP contribution is -2.13. The van der Waals surface area contributed by atoms with Crippen molar-refractivity contribution in [1.82, 2.24) is 0 Å². The summed E-state index contributed by atoms with van der Waals surface area (Å²) in [6, 6.07) is 9.86. The minimum atomic E-state index is -1.21. The molecule has 8 nitrogen and oxygen atoms in total. The molecular formula is C19H16O8. The van der Waals surface area contributed by atoms with E-state index in [4.69, 9.17) is 18.9 Å². The van der Waals surface area contributed by atoms with Crippen molar-refractivity contribution in [3.05, 3.63) is 54.0 Å². The van der Waals surface area contributed by atoms with Crippen molar-refractivity contribution in [2.45, 2.75) is 0 Å². The summed E-state index contributed by atoms with van der Waals surface area (Å²) in [6.07, 6.45) is 1.03. The van der Waals surface area contributed by atoms with Gasteiger partial charge in [-0.1, -0.05) is 12.1 Å². The smallest absolute Gasteiger partial charge is 0.377 e. The molecule has 0 amide bonds. The van der Waals surface area contributed by atoms with Crippen LogP contribution in [0.1, 0.15) is 10.4 Å². The number of methoxy groups -OCH3 is 2. The molecule has 0 saturated carbocycles. The van der Waals surface area contributed by atoms with Gasteiger partial charge in [0.2, 0.25) is 12.6 Å². The summed E-state index contributed by atoms with van der Waals surface area (Å²) in [5, 5.41) is 9.54. The molecule has 1 aliphatic heterocycles. The highest BCUT2D eigenvalue weighted by Crippen LogP contribution is 2.37. The van der Waals surface area contributed by atoms with Crippen LogP contribution in [0, 0.1) is 0 Å². The number of ether oxygens (including phenoxy) is 5. The first-order valence-corrected chi connectivity index (χ1v) is 7.80. The lowest BCUT2D eigenvalue weighted by Gasteiger charge is -2.12. The number of esters is 1. The van der Waals surface area contributed by atoms with Crippen molar-refractivity contribution in [2.75, 3.05) is 21.0 Å². The van der Waals surface area contributed by atoms with Crippen LogP contribution in [0.25, 0.3) is 11.1 Å². The molecule has 0 aliphatic carbocycles. The van der Waals surface area contributed by atoms with E-state index in [9.17, 15) is 14.7 Å². The van der Waals surface area contributed by atoms with E-state index >= 15 is 0 Å². The van der Waals surface area contributed by atoms with Gasteiger partial charge >= 0.3 is 11.9 Å². The first kappa shape index (κ1) is 18.1. The van der Waals surface area contributed by atoms with Gasteiger partial charge in [0.25, 0.3) is 0 Å². The van der Waals surface area contributed by atoms with Gasteiger partial charge in [-0.05, 0) is 35.4 Å². The highest BCUT2D eigenvalue weighted by Gasteiger charge is 2.20. The van der Waals surface area contributed by atoms with Gasteiger partial charge < -0.3 is 28.8 Å². The van der Waals surface area contributed by atoms with Gasteiger partial charge in [-0.2, -0.15) is 0 Å². The predicted molar refractivity (Wildman–Crippen MR) is 92.7 cm³/mol. The molecule has 1 N–H and O–H groups in total. The van der Waals surface area contributed by atoms with E-state index in [0.717, 1.165) is 11.8 Å². The number of fused-ring (bicyclic) bond motifs is 1. The standard InChI is InChI=1S/C19H16O8/c1-23-9-17(19(22)24-2)27-14-5-3-11(7-13(14)18(20)21)12-4-6-15-16(8-12)26-10-25-15/h3-9H,10H2,1-2H3,(H,20,21). The summed E-state index contributed by atoms with van der Waals surface area (Å²) in [7, 11) is 2.50. The van der Waals surface area contributed by atoms with Gasteiger partial charge in [0.05, 0.1) is 14.2 Å². The summed E-state index contributed by atoms with van der Waals surface area (Å²) in [5.74, 6) is -1.11. The first-order chi connectivity index (χ1) is 13.0. The summed E-state index contributed by atoms with van der Waals surface area (Å²) >= 11 is 0. The molecule has 3 rings (SSSR count). The SMILES string of the molecule is COC=C(Oc1ccc(-c2ccc3c(c2)OCO3)cc1C(=O)O)C(=O)OC. The fourth-order valence-electron chi connectivity index (χ4n) is 2.48. The minimum absolute atomic E-state index is 0.0271. The Hall–Kier alpha value is -3.68. The van der Waals surface area contributed by atoms with Crippen LogP contribution in [0.4, 0.5) is 0 Å². The molecular weight excluding hydrogens is 356 g/mol. The predicted octanol–water partition coefficient (Wildman–Crippen LogP) is 2.82. The summed E-state index contributed by atoms with van der Waals surface area (Å²) in [5.41, 5.74) is 1.25. The topological polar surface area (TPSA) is 101 Å². The minimum Gasteiger partial charge on any atom is -0.500 e. The van der Waals surface area contributed by atoms with Crippen molar-refractivity contribution in [3.63, 3.8) is 0 Å². The van der Waals surface area contributed by atoms with E-state index < -0.39 is 11.9 Å². The highest BCUT2D eigenvalue weighted by atomic mass is 16.7. The highest BCUT2D eigenvalue weighted by molar-refractivity contribution is 5.93. The maximum absolute atomic E-state index is 11.7. The lowest BCUT2D eigenvalue weighted by atomic mass is 10.0. The molecule has 0 aromatic heterocycles. The van der Waals surface area contributed by atoms with Gasteiger partial charge in [0.1, 0.15) is 17.6 Å². The molecule has 1 heterocycles. The number of aromatic carboxylic acids is 1. The normalized spacial score (nSPS) is 12.4. The monoisotopic (exact) mass is 372 g/mol. The molecule has 0 radical (unpaired) electrons. The van der Waals surface area contributed by atoms with Crippen LogP contribution in [0.5, 0.6) is 17.2 Å². The van der Waals surface area contributed by atoms with Crippen molar-refractivity contribution in [1.29, 1.82) is 0 Å². The Morgan fingerprint density at radius 1 is 1.04 bits per heavy atom. The van der Waals surface area contributed by atoms with Crippen molar-refractivity contribution < 1.29 is 38.4 Å². The quantitative estimate of drug-likeness (QED) is 0.469. The number of benzene rings is 2. The van der Waals surface area contributed by atoms with Crippen LogP contribution in [0.3, 0.4) is 0 Å². The average Bonchev–Trinajstić information content (AvgIpc) is 3.14. The van der Waals surface area contributed by atoms with E-state index in [-0.39, 0.29) is 23.9 Å². The fraction of sp³-hybridized carbons (Fsp3) is 0.158. The fourth-order valence-corrected chi connectivity index (χ4v) is 2.48. The number of hydrogen-bond acceptors (Lipinski definition) is 7. The van der Waals surface area contributed by atoms with Crippen LogP contribution in [0.15, 0.2) is 48.4 Å². The van der Waals surface area contributed by atoms with Gasteiger partial charge in [-0.25, -0.2) is 9.59 Å². The Morgan fingerprint density at radius 2 is 1.74 bits per heavy atom. The second kappa shape index (κ2) is 7.69. The van der Waals surface area contributed by atoms with Crippen LogP contribution in [-0.4, -0.2) is 38.1 Å². The van der Waals surface area contributed by atoms with Crippen LogP contribution in [-0.2, 0) is 14.3 Å². The van der Waals surface area contributed by atoms with Crippen molar-refractivity contribution in [2.24, 2.45) is 0 Å². The molecule has 27 heavy (non-hydrogen) atoms. The second-order valence-electron chi connectivity index (χ2n) is 5.40. The molecule has 0 unspecified atom stereocenters. The number of hydrogen-bond donors (Lipinski definition) is 1. The van der Waals surface area contributed by atoms with E-state index in [2.05, 4.69) is 4.74 Å². The van der Waals surface area contributed by atoms with Gasteiger partial charge in [0, 0.05) is 0 Å². The number of carbonyl (C=O) groups is 2. The summed E-state index contributed by atoms with van der Waals surface area (Å²) in [6.45, 7) is 0.147. The van der Waals surface area contributed by atoms with Gasteiger partial charge in [-0.15, -0.1) is 0 Å². The second-order valence-corrected chi connectivity index (χ2v) is 5.40. The zero-order valence-electron chi connectivity index (χ0n) is 14.6. The number of rotatable bonds is 6. The largest absolute Gasteiger partial charge is 0.500 e. The zero-order valence-corrected chi connectivity index (χ0v) is 14.6. The number of carboxylic acids is 1. The third-order valence-corrected chi connectivity index (χ3v) is 3.75. The average molecular weight is 372 g/mol.